The second kappa shape index (κ2) is 6.97. The van der Waals surface area contributed by atoms with Crippen molar-refractivity contribution in [2.45, 2.75) is 18.8 Å². The van der Waals surface area contributed by atoms with Crippen molar-refractivity contribution in [1.29, 1.82) is 0 Å². The summed E-state index contributed by atoms with van der Waals surface area (Å²) in [4.78, 5) is 15.5. The fourth-order valence-corrected chi connectivity index (χ4v) is 4.13. The standard InChI is InChI=1S/C18H17FN4O2S/c19-12-3-1-10(2-4-12)15-14(17-21-13(9-26-17)18(24)25)16(23-22-15)11-5-7-20-8-6-11/h1-4,9,11,20H,5-8H2,(H,22,23)(H,24,25). The summed E-state index contributed by atoms with van der Waals surface area (Å²) in [5.41, 5.74) is 3.25. The van der Waals surface area contributed by atoms with Crippen molar-refractivity contribution >= 4 is 17.3 Å². The van der Waals surface area contributed by atoms with Gasteiger partial charge in [-0.05, 0) is 50.2 Å². The number of nitrogens with zero attached hydrogens (tertiary/aromatic N) is 2. The first-order valence-corrected chi connectivity index (χ1v) is 9.25. The maximum absolute atomic E-state index is 13.3. The molecule has 8 heteroatoms. The number of rotatable bonds is 4. The van der Waals surface area contributed by atoms with Gasteiger partial charge in [-0.25, -0.2) is 14.2 Å². The lowest BCUT2D eigenvalue weighted by molar-refractivity contribution is 0.0691. The summed E-state index contributed by atoms with van der Waals surface area (Å²) < 4.78 is 13.3. The molecular weight excluding hydrogens is 355 g/mol. The Morgan fingerprint density at radius 1 is 1.23 bits per heavy atom. The minimum atomic E-state index is -1.05. The Morgan fingerprint density at radius 3 is 2.62 bits per heavy atom. The molecule has 26 heavy (non-hydrogen) atoms. The number of hydrogen-bond donors (Lipinski definition) is 3. The van der Waals surface area contributed by atoms with Crippen LogP contribution in [0.15, 0.2) is 29.6 Å². The molecule has 4 rings (SSSR count). The number of aromatic amines is 1. The second-order valence-corrected chi connectivity index (χ2v) is 7.09. The van der Waals surface area contributed by atoms with E-state index in [9.17, 15) is 14.3 Å². The molecule has 134 valence electrons. The van der Waals surface area contributed by atoms with E-state index in [1.165, 1.54) is 28.8 Å². The molecule has 3 heterocycles. The molecule has 0 atom stereocenters. The number of benzene rings is 1. The third-order valence-corrected chi connectivity index (χ3v) is 5.46. The third-order valence-electron chi connectivity index (χ3n) is 4.60. The number of hydrogen-bond acceptors (Lipinski definition) is 5. The number of nitrogens with one attached hydrogen (secondary N) is 2. The zero-order valence-electron chi connectivity index (χ0n) is 13.8. The Balaban J connectivity index is 1.84. The first-order chi connectivity index (χ1) is 12.6. The highest BCUT2D eigenvalue weighted by atomic mass is 32.1. The van der Waals surface area contributed by atoms with Gasteiger partial charge in [-0.15, -0.1) is 11.3 Å². The molecule has 0 aliphatic carbocycles. The molecule has 2 aromatic heterocycles. The molecule has 1 aromatic carbocycles. The number of carbonyl (C=O) groups is 1. The number of carboxylic acid groups (broad SMARTS) is 1. The fraction of sp³-hybridized carbons (Fsp3) is 0.278. The molecule has 0 bridgehead atoms. The number of piperidine rings is 1. The molecule has 3 N–H and O–H groups in total. The van der Waals surface area contributed by atoms with Crippen LogP contribution >= 0.6 is 11.3 Å². The monoisotopic (exact) mass is 372 g/mol. The van der Waals surface area contributed by atoms with E-state index < -0.39 is 5.97 Å². The molecule has 0 unspecified atom stereocenters. The molecule has 1 aliphatic rings. The van der Waals surface area contributed by atoms with Crippen LogP contribution in [0.1, 0.15) is 34.9 Å². The first-order valence-electron chi connectivity index (χ1n) is 8.37. The Labute approximate surface area is 153 Å². The molecular formula is C18H17FN4O2S. The summed E-state index contributed by atoms with van der Waals surface area (Å²) in [5.74, 6) is -1.07. The van der Waals surface area contributed by atoms with Gasteiger partial charge >= 0.3 is 5.97 Å². The van der Waals surface area contributed by atoms with Crippen molar-refractivity contribution in [3.63, 3.8) is 0 Å². The van der Waals surface area contributed by atoms with E-state index in [1.807, 2.05) is 0 Å². The molecule has 0 amide bonds. The third kappa shape index (κ3) is 3.13. The number of H-pyrrole nitrogens is 1. The largest absolute Gasteiger partial charge is 0.476 e. The van der Waals surface area contributed by atoms with Gasteiger partial charge in [0, 0.05) is 22.6 Å². The van der Waals surface area contributed by atoms with Crippen molar-refractivity contribution in [3.8, 4) is 21.8 Å². The SMILES string of the molecule is O=C(O)c1csc(-c2c(-c3ccc(F)cc3)n[nH]c2C2CCNCC2)n1. The lowest BCUT2D eigenvalue weighted by atomic mass is 9.91. The summed E-state index contributed by atoms with van der Waals surface area (Å²) in [5, 5.41) is 22.3. The van der Waals surface area contributed by atoms with Crippen LogP contribution in [0.5, 0.6) is 0 Å². The zero-order valence-corrected chi connectivity index (χ0v) is 14.6. The fourth-order valence-electron chi connectivity index (χ4n) is 3.28. The first kappa shape index (κ1) is 16.9. The maximum Gasteiger partial charge on any atom is 0.355 e. The van der Waals surface area contributed by atoms with Gasteiger partial charge in [0.15, 0.2) is 5.69 Å². The predicted octanol–water partition coefficient (Wildman–Crippen LogP) is 3.50. The van der Waals surface area contributed by atoms with E-state index in [0.29, 0.717) is 16.6 Å². The van der Waals surface area contributed by atoms with Crippen molar-refractivity contribution in [1.82, 2.24) is 20.5 Å². The minimum absolute atomic E-state index is 0.0208. The Kier molecular flexibility index (Phi) is 4.52. The highest BCUT2D eigenvalue weighted by molar-refractivity contribution is 7.13. The summed E-state index contributed by atoms with van der Waals surface area (Å²) in [6.45, 7) is 1.85. The van der Waals surface area contributed by atoms with Gasteiger partial charge in [0.05, 0.1) is 5.56 Å². The summed E-state index contributed by atoms with van der Waals surface area (Å²) >= 11 is 1.28. The predicted molar refractivity (Wildman–Crippen MR) is 96.9 cm³/mol. The minimum Gasteiger partial charge on any atom is -0.476 e. The van der Waals surface area contributed by atoms with Crippen molar-refractivity contribution in [2.24, 2.45) is 0 Å². The smallest absolute Gasteiger partial charge is 0.355 e. The van der Waals surface area contributed by atoms with E-state index in [2.05, 4.69) is 20.5 Å². The quantitative estimate of drug-likeness (QED) is 0.652. The van der Waals surface area contributed by atoms with Gasteiger partial charge in [0.25, 0.3) is 0 Å². The number of aromatic nitrogens is 3. The lowest BCUT2D eigenvalue weighted by Gasteiger charge is -2.22. The molecule has 1 aliphatic heterocycles. The van der Waals surface area contributed by atoms with Gasteiger partial charge in [-0.1, -0.05) is 0 Å². The van der Waals surface area contributed by atoms with Crippen molar-refractivity contribution in [3.05, 3.63) is 46.9 Å². The normalized spacial score (nSPS) is 15.3. The van der Waals surface area contributed by atoms with Crippen LogP contribution in [0, 0.1) is 5.82 Å². The second-order valence-electron chi connectivity index (χ2n) is 6.24. The van der Waals surface area contributed by atoms with Crippen molar-refractivity contribution < 1.29 is 14.3 Å². The average Bonchev–Trinajstić information content (AvgIpc) is 3.30. The van der Waals surface area contributed by atoms with Crippen molar-refractivity contribution in [2.75, 3.05) is 13.1 Å². The van der Waals surface area contributed by atoms with Gasteiger partial charge in [0.1, 0.15) is 16.5 Å². The maximum atomic E-state index is 13.3. The number of aromatic carboxylic acids is 1. The molecule has 0 spiro atoms. The Hall–Kier alpha value is -2.58. The van der Waals surface area contributed by atoms with Crippen LogP contribution in [0.2, 0.25) is 0 Å². The van der Waals surface area contributed by atoms with Gasteiger partial charge in [-0.3, -0.25) is 5.10 Å². The van der Waals surface area contributed by atoms with Gasteiger partial charge < -0.3 is 10.4 Å². The van der Waals surface area contributed by atoms with Crippen LogP contribution < -0.4 is 5.32 Å². The molecule has 6 nitrogen and oxygen atoms in total. The molecule has 0 saturated carbocycles. The van der Waals surface area contributed by atoms with E-state index >= 15 is 0 Å². The van der Waals surface area contributed by atoms with E-state index in [0.717, 1.165) is 42.8 Å². The molecule has 0 radical (unpaired) electrons. The van der Waals surface area contributed by atoms with E-state index in [-0.39, 0.29) is 11.5 Å². The van der Waals surface area contributed by atoms with E-state index in [4.69, 9.17) is 0 Å². The van der Waals surface area contributed by atoms with Crippen LogP contribution in [0.25, 0.3) is 21.8 Å². The lowest BCUT2D eigenvalue weighted by Crippen LogP contribution is -2.27. The molecule has 1 fully saturated rings. The number of thiazole rings is 1. The van der Waals surface area contributed by atoms with E-state index in [1.54, 1.807) is 12.1 Å². The molecule has 3 aromatic rings. The van der Waals surface area contributed by atoms with Crippen LogP contribution in [-0.2, 0) is 0 Å². The summed E-state index contributed by atoms with van der Waals surface area (Å²) in [6.07, 6.45) is 1.93. The number of carboxylic acids is 1. The highest BCUT2D eigenvalue weighted by Gasteiger charge is 2.27. The van der Waals surface area contributed by atoms with Crippen LogP contribution in [-0.4, -0.2) is 39.3 Å². The Morgan fingerprint density at radius 2 is 1.96 bits per heavy atom. The van der Waals surface area contributed by atoms with Gasteiger partial charge in [-0.2, -0.15) is 5.10 Å². The van der Waals surface area contributed by atoms with Gasteiger partial charge in [0.2, 0.25) is 0 Å². The van der Waals surface area contributed by atoms with Crippen LogP contribution in [0.3, 0.4) is 0 Å². The number of halogens is 1. The van der Waals surface area contributed by atoms with Crippen LogP contribution in [0.4, 0.5) is 4.39 Å². The summed E-state index contributed by atoms with van der Waals surface area (Å²) in [7, 11) is 0. The topological polar surface area (TPSA) is 90.9 Å². The summed E-state index contributed by atoms with van der Waals surface area (Å²) in [6, 6.07) is 6.13. The average molecular weight is 372 g/mol. The Bertz CT molecular complexity index is 929. The zero-order chi connectivity index (χ0) is 18.1. The molecule has 1 saturated heterocycles. The highest BCUT2D eigenvalue weighted by Crippen LogP contribution is 2.40.